The van der Waals surface area contributed by atoms with E-state index in [2.05, 4.69) is 6.92 Å². The number of aliphatic hydroxyl groups is 1. The Morgan fingerprint density at radius 3 is 2.05 bits per heavy atom. The van der Waals surface area contributed by atoms with Gasteiger partial charge in [0.15, 0.2) is 5.34 Å². The van der Waals surface area contributed by atoms with Gasteiger partial charge in [0, 0.05) is 6.42 Å². The summed E-state index contributed by atoms with van der Waals surface area (Å²) in [6, 6.07) is 0. The van der Waals surface area contributed by atoms with E-state index in [-0.39, 0.29) is 25.7 Å². The molecule has 0 aliphatic carbocycles. The standard InChI is InChI=1S/C12H25O6P/c1-2-3-4-5-6-9-12(15,19(16,17)18)10-7-8-11(13)14/h15H,2-10H2,1H3,(H,13,14)(H2,16,17,18). The topological polar surface area (TPSA) is 115 Å². The average Bonchev–Trinajstić information content (AvgIpc) is 2.26. The molecule has 4 N–H and O–H groups in total. The molecule has 0 rings (SSSR count). The number of carbonyl (C=O) groups is 1. The van der Waals surface area contributed by atoms with Gasteiger partial charge in [-0.25, -0.2) is 0 Å². The lowest BCUT2D eigenvalue weighted by Crippen LogP contribution is -2.28. The van der Waals surface area contributed by atoms with Gasteiger partial charge >= 0.3 is 13.6 Å². The molecule has 19 heavy (non-hydrogen) atoms. The molecule has 0 saturated heterocycles. The van der Waals surface area contributed by atoms with Gasteiger partial charge < -0.3 is 20.0 Å². The predicted molar refractivity (Wildman–Crippen MR) is 71.9 cm³/mol. The first-order chi connectivity index (χ1) is 8.73. The molecule has 0 spiro atoms. The van der Waals surface area contributed by atoms with Crippen LogP contribution in [-0.2, 0) is 9.36 Å². The van der Waals surface area contributed by atoms with Crippen molar-refractivity contribution >= 4 is 13.6 Å². The van der Waals surface area contributed by atoms with Crippen molar-refractivity contribution in [2.75, 3.05) is 0 Å². The first-order valence-electron chi connectivity index (χ1n) is 6.73. The Bertz CT molecular complexity index is 313. The largest absolute Gasteiger partial charge is 0.481 e. The Labute approximate surface area is 114 Å². The van der Waals surface area contributed by atoms with Crippen LogP contribution >= 0.6 is 7.60 Å². The fraction of sp³-hybridized carbons (Fsp3) is 0.917. The monoisotopic (exact) mass is 296 g/mol. The molecular weight excluding hydrogens is 271 g/mol. The molecule has 6 nitrogen and oxygen atoms in total. The quantitative estimate of drug-likeness (QED) is 0.344. The van der Waals surface area contributed by atoms with Crippen LogP contribution in [0.25, 0.3) is 0 Å². The van der Waals surface area contributed by atoms with Crippen molar-refractivity contribution in [1.82, 2.24) is 0 Å². The summed E-state index contributed by atoms with van der Waals surface area (Å²) >= 11 is 0. The van der Waals surface area contributed by atoms with Crippen molar-refractivity contribution in [1.29, 1.82) is 0 Å². The van der Waals surface area contributed by atoms with Crippen molar-refractivity contribution in [3.05, 3.63) is 0 Å². The summed E-state index contributed by atoms with van der Waals surface area (Å²) < 4.78 is 11.3. The van der Waals surface area contributed by atoms with Gasteiger partial charge in [0.05, 0.1) is 0 Å². The zero-order valence-electron chi connectivity index (χ0n) is 11.4. The molecule has 0 fully saturated rings. The SMILES string of the molecule is CCCCCCCC(O)(CCCC(=O)O)P(=O)(O)O. The number of hydrogen-bond donors (Lipinski definition) is 4. The Kier molecular flexibility index (Phi) is 8.50. The van der Waals surface area contributed by atoms with Gasteiger partial charge in [-0.2, -0.15) is 0 Å². The van der Waals surface area contributed by atoms with Crippen LogP contribution in [0.2, 0.25) is 0 Å². The molecule has 0 aliphatic heterocycles. The third-order valence-electron chi connectivity index (χ3n) is 3.19. The molecule has 7 heteroatoms. The van der Waals surface area contributed by atoms with E-state index in [0.717, 1.165) is 25.7 Å². The molecule has 0 amide bonds. The fourth-order valence-corrected chi connectivity index (χ4v) is 2.85. The summed E-state index contributed by atoms with van der Waals surface area (Å²) in [5.74, 6) is -1.03. The summed E-state index contributed by atoms with van der Waals surface area (Å²) in [6.07, 6.45) is 4.16. The predicted octanol–water partition coefficient (Wildman–Crippen LogP) is 2.47. The molecular formula is C12H25O6P. The van der Waals surface area contributed by atoms with Crippen LogP contribution in [0.4, 0.5) is 0 Å². The summed E-state index contributed by atoms with van der Waals surface area (Å²) in [6.45, 7) is 2.07. The second kappa shape index (κ2) is 8.69. The number of hydrogen-bond acceptors (Lipinski definition) is 3. The van der Waals surface area contributed by atoms with E-state index in [4.69, 9.17) is 5.11 Å². The number of rotatable bonds is 11. The van der Waals surface area contributed by atoms with E-state index < -0.39 is 18.9 Å². The van der Waals surface area contributed by atoms with E-state index in [9.17, 15) is 24.3 Å². The molecule has 114 valence electrons. The number of unbranched alkanes of at least 4 members (excludes halogenated alkanes) is 4. The zero-order valence-corrected chi connectivity index (χ0v) is 12.3. The first kappa shape index (κ1) is 18.6. The highest BCUT2D eigenvalue weighted by atomic mass is 31.2. The van der Waals surface area contributed by atoms with E-state index in [0.29, 0.717) is 6.42 Å². The molecule has 1 unspecified atom stereocenters. The highest BCUT2D eigenvalue weighted by molar-refractivity contribution is 7.53. The van der Waals surface area contributed by atoms with Gasteiger partial charge in [-0.3, -0.25) is 9.36 Å². The highest BCUT2D eigenvalue weighted by Crippen LogP contribution is 2.54. The minimum absolute atomic E-state index is 0.0145. The minimum Gasteiger partial charge on any atom is -0.481 e. The second-order valence-corrected chi connectivity index (χ2v) is 6.86. The van der Waals surface area contributed by atoms with Crippen LogP contribution in [0.5, 0.6) is 0 Å². The zero-order chi connectivity index (χ0) is 14.9. The maximum atomic E-state index is 11.3. The van der Waals surface area contributed by atoms with Crippen molar-refractivity contribution in [3.63, 3.8) is 0 Å². The van der Waals surface area contributed by atoms with Crippen molar-refractivity contribution in [2.45, 2.75) is 70.1 Å². The summed E-state index contributed by atoms with van der Waals surface area (Å²) in [4.78, 5) is 28.8. The Morgan fingerprint density at radius 1 is 1.05 bits per heavy atom. The lowest BCUT2D eigenvalue weighted by Gasteiger charge is -2.28. The maximum absolute atomic E-state index is 11.3. The summed E-state index contributed by atoms with van der Waals surface area (Å²) in [5.41, 5.74) is 0. The maximum Gasteiger partial charge on any atom is 0.356 e. The summed E-state index contributed by atoms with van der Waals surface area (Å²) in [5, 5.41) is 16.5. The number of aliphatic carboxylic acids is 1. The van der Waals surface area contributed by atoms with E-state index in [1.54, 1.807) is 0 Å². The van der Waals surface area contributed by atoms with Gasteiger partial charge in [-0.05, 0) is 25.7 Å². The average molecular weight is 296 g/mol. The Morgan fingerprint density at radius 2 is 1.58 bits per heavy atom. The number of carboxylic acids is 1. The second-order valence-electron chi connectivity index (χ2n) is 4.94. The molecule has 0 heterocycles. The van der Waals surface area contributed by atoms with Crippen molar-refractivity contribution < 1.29 is 29.4 Å². The molecule has 1 atom stereocenters. The normalized spacial score (nSPS) is 15.2. The smallest absolute Gasteiger partial charge is 0.356 e. The van der Waals surface area contributed by atoms with Crippen LogP contribution in [0.3, 0.4) is 0 Å². The molecule has 0 radical (unpaired) electrons. The fourth-order valence-electron chi connectivity index (χ4n) is 1.95. The van der Waals surface area contributed by atoms with Gasteiger partial charge in [-0.1, -0.05) is 32.6 Å². The van der Waals surface area contributed by atoms with E-state index in [1.165, 1.54) is 0 Å². The van der Waals surface area contributed by atoms with Gasteiger partial charge in [0.1, 0.15) is 0 Å². The van der Waals surface area contributed by atoms with Gasteiger partial charge in [0.2, 0.25) is 0 Å². The number of carboxylic acid groups (broad SMARTS) is 1. The van der Waals surface area contributed by atoms with Crippen molar-refractivity contribution in [3.8, 4) is 0 Å². The molecule has 0 aliphatic rings. The molecule has 0 saturated carbocycles. The van der Waals surface area contributed by atoms with Crippen LogP contribution in [0, 0.1) is 0 Å². The molecule has 0 aromatic carbocycles. The van der Waals surface area contributed by atoms with E-state index in [1.807, 2.05) is 0 Å². The lowest BCUT2D eigenvalue weighted by atomic mass is 10.0. The van der Waals surface area contributed by atoms with Crippen LogP contribution in [0.1, 0.15) is 64.7 Å². The molecule has 0 aromatic heterocycles. The molecule has 0 bridgehead atoms. The Balaban J connectivity index is 4.28. The van der Waals surface area contributed by atoms with Crippen LogP contribution in [-0.4, -0.2) is 31.3 Å². The van der Waals surface area contributed by atoms with Gasteiger partial charge in [-0.15, -0.1) is 0 Å². The third-order valence-corrected chi connectivity index (χ3v) is 4.72. The van der Waals surface area contributed by atoms with E-state index >= 15 is 0 Å². The van der Waals surface area contributed by atoms with Crippen LogP contribution < -0.4 is 0 Å². The highest BCUT2D eigenvalue weighted by Gasteiger charge is 2.43. The van der Waals surface area contributed by atoms with Crippen LogP contribution in [0.15, 0.2) is 0 Å². The minimum atomic E-state index is -4.64. The Hall–Kier alpha value is -0.420. The molecule has 0 aromatic rings. The van der Waals surface area contributed by atoms with Gasteiger partial charge in [0.25, 0.3) is 0 Å². The lowest BCUT2D eigenvalue weighted by molar-refractivity contribution is -0.137. The third kappa shape index (κ3) is 7.67. The van der Waals surface area contributed by atoms with Crippen molar-refractivity contribution in [2.24, 2.45) is 0 Å². The summed E-state index contributed by atoms with van der Waals surface area (Å²) in [7, 11) is -4.64. The first-order valence-corrected chi connectivity index (χ1v) is 8.34.